The molecule has 2 heterocycles. The van der Waals surface area contributed by atoms with Crippen LogP contribution in [0, 0.1) is 0 Å². The van der Waals surface area contributed by atoms with E-state index in [1.54, 1.807) is 0 Å². The normalized spacial score (nSPS) is 18.7. The number of halogens is 1. The first-order valence-corrected chi connectivity index (χ1v) is 8.48. The van der Waals surface area contributed by atoms with Gasteiger partial charge >= 0.3 is 0 Å². The fraction of sp³-hybridized carbons (Fsp3) is 0.615. The first kappa shape index (κ1) is 15.4. The van der Waals surface area contributed by atoms with Crippen LogP contribution in [-0.2, 0) is 6.54 Å². The van der Waals surface area contributed by atoms with Crippen molar-refractivity contribution in [3.63, 3.8) is 0 Å². The number of hydrogen-bond donors (Lipinski definition) is 1. The van der Waals surface area contributed by atoms with Crippen molar-refractivity contribution in [2.45, 2.75) is 25.9 Å². The summed E-state index contributed by atoms with van der Waals surface area (Å²) in [6.07, 6.45) is 0. The topological polar surface area (TPSA) is 32.5 Å². The molecular formula is C13H20BrN3S2. The van der Waals surface area contributed by atoms with Gasteiger partial charge in [-0.25, -0.2) is 0 Å². The van der Waals surface area contributed by atoms with E-state index in [2.05, 4.69) is 51.0 Å². The van der Waals surface area contributed by atoms with Gasteiger partial charge in [-0.2, -0.15) is 0 Å². The van der Waals surface area contributed by atoms with Crippen LogP contribution in [0.4, 0.5) is 0 Å². The minimum Gasteiger partial charge on any atom is -0.392 e. The minimum absolute atomic E-state index is 0.173. The molecule has 1 aliphatic heterocycles. The van der Waals surface area contributed by atoms with Gasteiger partial charge in [-0.05, 0) is 35.8 Å². The summed E-state index contributed by atoms with van der Waals surface area (Å²) < 4.78 is 1.18. The van der Waals surface area contributed by atoms with Crippen molar-refractivity contribution in [3.8, 4) is 0 Å². The van der Waals surface area contributed by atoms with Crippen LogP contribution in [0.5, 0.6) is 0 Å². The van der Waals surface area contributed by atoms with E-state index in [9.17, 15) is 0 Å². The molecule has 2 N–H and O–H groups in total. The minimum atomic E-state index is -0.173. The number of rotatable bonds is 4. The summed E-state index contributed by atoms with van der Waals surface area (Å²) in [7, 11) is 0. The largest absolute Gasteiger partial charge is 0.392 e. The third kappa shape index (κ3) is 3.76. The van der Waals surface area contributed by atoms with Gasteiger partial charge < -0.3 is 5.73 Å². The Labute approximate surface area is 132 Å². The van der Waals surface area contributed by atoms with Crippen LogP contribution in [0.2, 0.25) is 0 Å². The SMILES string of the molecule is CC(C)(C(N)=S)N1CCN(Cc2cc(Br)cs2)CC1. The van der Waals surface area contributed by atoms with Crippen LogP contribution in [-0.4, -0.2) is 46.5 Å². The molecule has 2 rings (SSSR count). The Kier molecular flexibility index (Phi) is 5.00. The number of thiocarbonyl (C=S) groups is 1. The Bertz CT molecular complexity index is 450. The van der Waals surface area contributed by atoms with Crippen molar-refractivity contribution < 1.29 is 0 Å². The standard InChI is InChI=1S/C13H20BrN3S2/c1-13(2,12(15)18)17-5-3-16(4-6-17)8-11-7-10(14)9-19-11/h7,9H,3-6,8H2,1-2H3,(H2,15,18). The highest BCUT2D eigenvalue weighted by Crippen LogP contribution is 2.23. The smallest absolute Gasteiger partial charge is 0.0928 e. The number of hydrogen-bond acceptors (Lipinski definition) is 4. The molecule has 0 aliphatic carbocycles. The molecule has 6 heteroatoms. The molecule has 0 atom stereocenters. The van der Waals surface area contributed by atoms with E-state index < -0.39 is 0 Å². The van der Waals surface area contributed by atoms with Crippen LogP contribution in [0.15, 0.2) is 15.9 Å². The molecule has 3 nitrogen and oxygen atoms in total. The Morgan fingerprint density at radius 3 is 2.53 bits per heavy atom. The van der Waals surface area contributed by atoms with E-state index in [0.29, 0.717) is 4.99 Å². The molecule has 0 radical (unpaired) electrons. The first-order valence-electron chi connectivity index (χ1n) is 6.40. The van der Waals surface area contributed by atoms with Crippen molar-refractivity contribution in [1.29, 1.82) is 0 Å². The van der Waals surface area contributed by atoms with E-state index >= 15 is 0 Å². The fourth-order valence-electron chi connectivity index (χ4n) is 2.28. The van der Waals surface area contributed by atoms with Crippen molar-refractivity contribution in [2.75, 3.05) is 26.2 Å². The van der Waals surface area contributed by atoms with Gasteiger partial charge in [0.15, 0.2) is 0 Å². The van der Waals surface area contributed by atoms with E-state index in [1.807, 2.05) is 11.3 Å². The second-order valence-corrected chi connectivity index (χ2v) is 7.77. The van der Waals surface area contributed by atoms with Crippen molar-refractivity contribution in [2.24, 2.45) is 5.73 Å². The highest BCUT2D eigenvalue weighted by Gasteiger charge is 2.32. The summed E-state index contributed by atoms with van der Waals surface area (Å²) >= 11 is 10.5. The molecule has 0 spiro atoms. The summed E-state index contributed by atoms with van der Waals surface area (Å²) in [4.78, 5) is 6.87. The summed E-state index contributed by atoms with van der Waals surface area (Å²) in [6, 6.07) is 2.20. The molecule has 1 fully saturated rings. The fourth-order valence-corrected chi connectivity index (χ4v) is 3.90. The van der Waals surface area contributed by atoms with E-state index in [0.717, 1.165) is 32.7 Å². The Balaban J connectivity index is 1.87. The van der Waals surface area contributed by atoms with Gasteiger partial charge in [-0.1, -0.05) is 12.2 Å². The number of nitrogens with two attached hydrogens (primary N) is 1. The number of nitrogens with zero attached hydrogens (tertiary/aromatic N) is 2. The van der Waals surface area contributed by atoms with Crippen molar-refractivity contribution >= 4 is 44.5 Å². The predicted octanol–water partition coefficient (Wildman–Crippen LogP) is 2.69. The average molecular weight is 362 g/mol. The lowest BCUT2D eigenvalue weighted by Crippen LogP contribution is -2.58. The highest BCUT2D eigenvalue weighted by atomic mass is 79.9. The highest BCUT2D eigenvalue weighted by molar-refractivity contribution is 9.10. The average Bonchev–Trinajstić information content (AvgIpc) is 2.75. The molecule has 1 aromatic heterocycles. The van der Waals surface area contributed by atoms with E-state index in [-0.39, 0.29) is 5.54 Å². The monoisotopic (exact) mass is 361 g/mol. The first-order chi connectivity index (χ1) is 8.89. The van der Waals surface area contributed by atoms with Gasteiger partial charge in [-0.3, -0.25) is 9.80 Å². The lowest BCUT2D eigenvalue weighted by atomic mass is 10.0. The lowest BCUT2D eigenvalue weighted by molar-refractivity contribution is 0.0827. The van der Waals surface area contributed by atoms with Crippen LogP contribution < -0.4 is 5.73 Å². The zero-order chi connectivity index (χ0) is 14.0. The third-order valence-electron chi connectivity index (χ3n) is 3.77. The van der Waals surface area contributed by atoms with Crippen LogP contribution in [0.25, 0.3) is 0 Å². The molecule has 1 saturated heterocycles. The quantitative estimate of drug-likeness (QED) is 0.835. The van der Waals surface area contributed by atoms with Gasteiger partial charge in [0.05, 0.1) is 10.5 Å². The summed E-state index contributed by atoms with van der Waals surface area (Å²) in [5, 5.41) is 2.14. The summed E-state index contributed by atoms with van der Waals surface area (Å²) in [5.74, 6) is 0. The summed E-state index contributed by atoms with van der Waals surface area (Å²) in [5.41, 5.74) is 5.66. The predicted molar refractivity (Wildman–Crippen MR) is 89.7 cm³/mol. The van der Waals surface area contributed by atoms with Gasteiger partial charge in [0.2, 0.25) is 0 Å². The molecule has 0 amide bonds. The maximum atomic E-state index is 5.83. The lowest BCUT2D eigenvalue weighted by Gasteiger charge is -2.43. The maximum absolute atomic E-state index is 5.83. The molecule has 0 aromatic carbocycles. The molecule has 0 bridgehead atoms. The molecule has 1 aliphatic rings. The molecule has 1 aromatic rings. The Morgan fingerprint density at radius 2 is 2.05 bits per heavy atom. The summed E-state index contributed by atoms with van der Waals surface area (Å²) in [6.45, 7) is 9.46. The van der Waals surface area contributed by atoms with Gasteiger partial charge in [0.1, 0.15) is 0 Å². The molecule has 0 saturated carbocycles. The second kappa shape index (κ2) is 6.18. The van der Waals surface area contributed by atoms with Crippen molar-refractivity contribution in [3.05, 3.63) is 20.8 Å². The maximum Gasteiger partial charge on any atom is 0.0928 e. The zero-order valence-electron chi connectivity index (χ0n) is 11.4. The van der Waals surface area contributed by atoms with Gasteiger partial charge in [0.25, 0.3) is 0 Å². The van der Waals surface area contributed by atoms with E-state index in [4.69, 9.17) is 18.0 Å². The van der Waals surface area contributed by atoms with E-state index in [1.165, 1.54) is 9.35 Å². The zero-order valence-corrected chi connectivity index (χ0v) is 14.6. The molecule has 19 heavy (non-hydrogen) atoms. The number of thiophene rings is 1. The Morgan fingerprint density at radius 1 is 1.42 bits per heavy atom. The third-order valence-corrected chi connectivity index (χ3v) is 5.95. The Hall–Kier alpha value is -0.0100. The van der Waals surface area contributed by atoms with Crippen LogP contribution in [0.3, 0.4) is 0 Å². The second-order valence-electron chi connectivity index (χ2n) is 5.42. The van der Waals surface area contributed by atoms with Crippen molar-refractivity contribution in [1.82, 2.24) is 9.80 Å². The number of piperazine rings is 1. The molecule has 106 valence electrons. The van der Waals surface area contributed by atoms with Gasteiger partial charge in [-0.15, -0.1) is 11.3 Å². The molecule has 0 unspecified atom stereocenters. The van der Waals surface area contributed by atoms with Crippen LogP contribution in [0.1, 0.15) is 18.7 Å². The van der Waals surface area contributed by atoms with Gasteiger partial charge in [0, 0.05) is 47.5 Å². The van der Waals surface area contributed by atoms with Crippen LogP contribution >= 0.6 is 39.5 Å². The molecular weight excluding hydrogens is 342 g/mol.